The first-order chi connectivity index (χ1) is 20.7. The van der Waals surface area contributed by atoms with Crippen LogP contribution in [0.5, 0.6) is 11.5 Å². The monoisotopic (exact) mass is 594 g/mol. The van der Waals surface area contributed by atoms with Crippen molar-refractivity contribution in [3.63, 3.8) is 0 Å². The average molecular weight is 595 g/mol. The molecule has 0 spiro atoms. The zero-order valence-corrected chi connectivity index (χ0v) is 25.7. The lowest BCUT2D eigenvalue weighted by molar-refractivity contribution is -0.138. The molecule has 222 valence electrons. The Morgan fingerprint density at radius 3 is 2.47 bits per heavy atom. The molecule has 0 bridgehead atoms. The number of carboxylic acids is 1. The number of carboxylic acid groups (broad SMARTS) is 1. The number of carbonyl (C=O) groups excluding carboxylic acids is 1. The van der Waals surface area contributed by atoms with Crippen LogP contribution in [-0.2, 0) is 16.6 Å². The number of rotatable bonds is 8. The van der Waals surface area contributed by atoms with E-state index in [4.69, 9.17) is 9.72 Å². The molecule has 2 N–H and O–H groups in total. The van der Waals surface area contributed by atoms with Crippen LogP contribution in [0.15, 0.2) is 83.8 Å². The quantitative estimate of drug-likeness (QED) is 0.275. The standard InChI is InChI=1S/C36H38N2O4S/c1-36(2,3)24-13-16-25(17-14-24)42-26-15-12-23-19-31(37-30(28(23)20-26)18-22-8-4-5-9-22)34(39)38-33(35(40)41)29-21-43-32-11-7-6-10-27(29)32/h6-7,10-17,19-22,27,32-33H,4-5,8-9,18H2,1-3H3,(H,38,39)(H,40,41). The minimum Gasteiger partial charge on any atom is -0.479 e. The fourth-order valence-electron chi connectivity index (χ4n) is 6.29. The molecule has 3 aliphatic rings. The summed E-state index contributed by atoms with van der Waals surface area (Å²) in [6, 6.07) is 14.7. The third-order valence-corrected chi connectivity index (χ3v) is 9.89. The number of thioether (sulfide) groups is 1. The van der Waals surface area contributed by atoms with Crippen molar-refractivity contribution in [1.82, 2.24) is 10.3 Å². The number of pyridine rings is 1. The van der Waals surface area contributed by atoms with Crippen molar-refractivity contribution in [2.24, 2.45) is 11.8 Å². The summed E-state index contributed by atoms with van der Waals surface area (Å²) < 4.78 is 6.25. The third kappa shape index (κ3) is 6.42. The molecule has 1 aromatic heterocycles. The molecule has 3 unspecified atom stereocenters. The minimum absolute atomic E-state index is 0.0537. The van der Waals surface area contributed by atoms with Crippen LogP contribution >= 0.6 is 11.8 Å². The predicted octanol–water partition coefficient (Wildman–Crippen LogP) is 7.98. The van der Waals surface area contributed by atoms with Crippen molar-refractivity contribution >= 4 is 34.4 Å². The SMILES string of the molecule is CC(C)(C)c1ccc(Oc2ccc3cc(C(=O)NC(C(=O)O)C4=CSC5C=CC=CC45)nc(CC4CCCC4)c3c2)cc1. The van der Waals surface area contributed by atoms with Gasteiger partial charge in [-0.05, 0) is 70.0 Å². The van der Waals surface area contributed by atoms with E-state index in [0.717, 1.165) is 41.5 Å². The van der Waals surface area contributed by atoms with Gasteiger partial charge in [-0.1, -0.05) is 89.0 Å². The van der Waals surface area contributed by atoms with Crippen molar-refractivity contribution in [3.8, 4) is 11.5 Å². The van der Waals surface area contributed by atoms with Gasteiger partial charge in [0.25, 0.3) is 5.91 Å². The van der Waals surface area contributed by atoms with E-state index < -0.39 is 17.9 Å². The lowest BCUT2D eigenvalue weighted by Gasteiger charge is -2.23. The van der Waals surface area contributed by atoms with Gasteiger partial charge in [-0.25, -0.2) is 9.78 Å². The summed E-state index contributed by atoms with van der Waals surface area (Å²) in [5.74, 6) is 0.377. The van der Waals surface area contributed by atoms with E-state index in [2.05, 4.69) is 44.3 Å². The number of fused-ring (bicyclic) bond motifs is 2. The number of aromatic nitrogens is 1. The van der Waals surface area contributed by atoms with Crippen molar-refractivity contribution in [1.29, 1.82) is 0 Å². The lowest BCUT2D eigenvalue weighted by Crippen LogP contribution is -2.44. The summed E-state index contributed by atoms with van der Waals surface area (Å²) in [6.07, 6.45) is 13.5. The summed E-state index contributed by atoms with van der Waals surface area (Å²) in [7, 11) is 0. The Hall–Kier alpha value is -3.84. The first-order valence-corrected chi connectivity index (χ1v) is 16.1. The van der Waals surface area contributed by atoms with Crippen molar-refractivity contribution in [2.45, 2.75) is 69.6 Å². The molecule has 1 saturated carbocycles. The second kappa shape index (κ2) is 12.0. The number of ether oxygens (including phenoxy) is 1. The van der Waals surface area contributed by atoms with E-state index in [-0.39, 0.29) is 22.3 Å². The summed E-state index contributed by atoms with van der Waals surface area (Å²) in [6.45, 7) is 6.56. The normalized spacial score (nSPS) is 20.6. The number of nitrogens with zero attached hydrogens (tertiary/aromatic N) is 1. The Morgan fingerprint density at radius 2 is 1.74 bits per heavy atom. The molecule has 1 fully saturated rings. The summed E-state index contributed by atoms with van der Waals surface area (Å²) in [5, 5.41) is 16.8. The largest absolute Gasteiger partial charge is 0.479 e. The molecule has 1 amide bonds. The van der Waals surface area contributed by atoms with Gasteiger partial charge in [-0.15, -0.1) is 11.8 Å². The van der Waals surface area contributed by atoms with Crippen molar-refractivity contribution in [2.75, 3.05) is 0 Å². The molecule has 3 atom stereocenters. The number of hydrogen-bond donors (Lipinski definition) is 2. The highest BCUT2D eigenvalue weighted by Gasteiger charge is 2.37. The second-order valence-corrected chi connectivity index (χ2v) is 13.9. The maximum absolute atomic E-state index is 13.6. The van der Waals surface area contributed by atoms with Gasteiger partial charge >= 0.3 is 5.97 Å². The van der Waals surface area contributed by atoms with Crippen LogP contribution in [0.4, 0.5) is 0 Å². The van der Waals surface area contributed by atoms with Gasteiger partial charge < -0.3 is 15.2 Å². The molecular formula is C36H38N2O4S. The van der Waals surface area contributed by atoms with E-state index >= 15 is 0 Å². The van der Waals surface area contributed by atoms with E-state index in [1.165, 1.54) is 18.4 Å². The highest BCUT2D eigenvalue weighted by Crippen LogP contribution is 2.41. The van der Waals surface area contributed by atoms with E-state index in [9.17, 15) is 14.7 Å². The number of aliphatic carboxylic acids is 1. The molecule has 2 aromatic carbocycles. The highest BCUT2D eigenvalue weighted by molar-refractivity contribution is 8.03. The van der Waals surface area contributed by atoms with Gasteiger partial charge in [-0.3, -0.25) is 4.79 Å². The van der Waals surface area contributed by atoms with E-state index in [0.29, 0.717) is 17.2 Å². The molecular weight excluding hydrogens is 556 g/mol. The van der Waals surface area contributed by atoms with E-state index in [1.807, 2.05) is 54.0 Å². The van der Waals surface area contributed by atoms with Crippen LogP contribution in [0, 0.1) is 11.8 Å². The second-order valence-electron chi connectivity index (χ2n) is 12.8. The molecule has 1 aliphatic heterocycles. The number of allylic oxidation sites excluding steroid dienone is 3. The Bertz CT molecular complexity index is 1630. The third-order valence-electron chi connectivity index (χ3n) is 8.71. The first-order valence-electron chi connectivity index (χ1n) is 15.1. The van der Waals surface area contributed by atoms with E-state index in [1.54, 1.807) is 17.8 Å². The van der Waals surface area contributed by atoms with Gasteiger partial charge in [0.1, 0.15) is 23.2 Å². The highest BCUT2D eigenvalue weighted by atomic mass is 32.2. The average Bonchev–Trinajstić information content (AvgIpc) is 3.66. The predicted molar refractivity (Wildman–Crippen MR) is 173 cm³/mol. The maximum atomic E-state index is 13.6. The molecule has 43 heavy (non-hydrogen) atoms. The van der Waals surface area contributed by atoms with Crippen LogP contribution in [0.25, 0.3) is 10.8 Å². The fraction of sp³-hybridized carbons (Fsp3) is 0.361. The molecule has 3 aromatic rings. The topological polar surface area (TPSA) is 88.5 Å². The maximum Gasteiger partial charge on any atom is 0.330 e. The molecule has 6 nitrogen and oxygen atoms in total. The molecule has 0 saturated heterocycles. The van der Waals surface area contributed by atoms with Crippen LogP contribution in [-0.4, -0.2) is 33.3 Å². The zero-order valence-electron chi connectivity index (χ0n) is 24.9. The summed E-state index contributed by atoms with van der Waals surface area (Å²) in [5.41, 5.74) is 3.09. The molecule has 0 radical (unpaired) electrons. The molecule has 7 heteroatoms. The summed E-state index contributed by atoms with van der Waals surface area (Å²) >= 11 is 1.59. The number of carbonyl (C=O) groups is 2. The molecule has 2 heterocycles. The van der Waals surface area contributed by atoms with Gasteiger partial charge in [0.2, 0.25) is 0 Å². The van der Waals surface area contributed by atoms with Gasteiger partial charge in [-0.2, -0.15) is 0 Å². The first kappa shape index (κ1) is 29.2. The smallest absolute Gasteiger partial charge is 0.330 e. The number of nitrogens with one attached hydrogen (secondary N) is 1. The summed E-state index contributed by atoms with van der Waals surface area (Å²) in [4.78, 5) is 30.8. The fourth-order valence-corrected chi connectivity index (χ4v) is 7.49. The van der Waals surface area contributed by atoms with Crippen LogP contribution in [0.2, 0.25) is 0 Å². The Labute approximate surface area is 257 Å². The Morgan fingerprint density at radius 1 is 1.02 bits per heavy atom. The molecule has 6 rings (SSSR count). The lowest BCUT2D eigenvalue weighted by atomic mass is 9.87. The Kier molecular flexibility index (Phi) is 8.19. The number of amides is 1. The Balaban J connectivity index is 1.28. The zero-order chi connectivity index (χ0) is 30.1. The van der Waals surface area contributed by atoms with Crippen molar-refractivity contribution < 1.29 is 19.4 Å². The number of hydrogen-bond acceptors (Lipinski definition) is 5. The number of benzene rings is 2. The minimum atomic E-state index is -1.12. The van der Waals surface area contributed by atoms with Crippen molar-refractivity contribution in [3.05, 3.63) is 101 Å². The van der Waals surface area contributed by atoms with Gasteiger partial charge in [0.15, 0.2) is 0 Å². The van der Waals surface area contributed by atoms with Crippen LogP contribution in [0.1, 0.15) is 68.2 Å². The van der Waals surface area contributed by atoms with Gasteiger partial charge in [0, 0.05) is 22.2 Å². The van der Waals surface area contributed by atoms with Crippen LogP contribution in [0.3, 0.4) is 0 Å². The van der Waals surface area contributed by atoms with Crippen LogP contribution < -0.4 is 10.1 Å². The van der Waals surface area contributed by atoms with Gasteiger partial charge in [0.05, 0.1) is 0 Å². The molecule has 2 aliphatic carbocycles.